The van der Waals surface area contributed by atoms with Gasteiger partial charge >= 0.3 is 6.03 Å². The molecule has 2 amide bonds. The first-order valence-electron chi connectivity index (χ1n) is 5.47. The highest BCUT2D eigenvalue weighted by Gasteiger charge is 2.20. The van der Waals surface area contributed by atoms with Crippen LogP contribution in [0.15, 0.2) is 42.7 Å². The number of carbonyl (C=O) groups excluding carboxylic acids is 1. The summed E-state index contributed by atoms with van der Waals surface area (Å²) >= 11 is 0. The fourth-order valence-corrected chi connectivity index (χ4v) is 1.69. The number of hydrogen-bond donors (Lipinski definition) is 2. The lowest BCUT2D eigenvalue weighted by molar-refractivity contribution is -0.384. The molecule has 20 heavy (non-hydrogen) atoms. The summed E-state index contributed by atoms with van der Waals surface area (Å²) in [7, 11) is 0. The van der Waals surface area contributed by atoms with Crippen molar-refractivity contribution in [2.45, 2.75) is 0 Å². The molecule has 1 aromatic carbocycles. The molecule has 0 aliphatic heterocycles. The van der Waals surface area contributed by atoms with Crippen LogP contribution in [0.1, 0.15) is 0 Å². The van der Waals surface area contributed by atoms with E-state index in [1.165, 1.54) is 36.7 Å². The Morgan fingerprint density at radius 3 is 2.45 bits per heavy atom. The fraction of sp³-hybridized carbons (Fsp3) is 0. The van der Waals surface area contributed by atoms with Gasteiger partial charge in [0.2, 0.25) is 0 Å². The molecule has 1 aromatic heterocycles. The van der Waals surface area contributed by atoms with Crippen molar-refractivity contribution >= 4 is 23.1 Å². The van der Waals surface area contributed by atoms with E-state index >= 15 is 0 Å². The Morgan fingerprint density at radius 2 is 1.95 bits per heavy atom. The van der Waals surface area contributed by atoms with Crippen molar-refractivity contribution < 1.29 is 14.8 Å². The maximum absolute atomic E-state index is 11.6. The number of phenolic OH excluding ortho intramolecular Hbond substituents is 1. The summed E-state index contributed by atoms with van der Waals surface area (Å²) < 4.78 is 0. The number of amides is 2. The van der Waals surface area contributed by atoms with Crippen LogP contribution in [-0.2, 0) is 0 Å². The lowest BCUT2D eigenvalue weighted by Gasteiger charge is -2.21. The van der Waals surface area contributed by atoms with Gasteiger partial charge in [0, 0.05) is 18.5 Å². The van der Waals surface area contributed by atoms with E-state index in [0.717, 1.165) is 11.0 Å². The first-order valence-corrected chi connectivity index (χ1v) is 5.47. The van der Waals surface area contributed by atoms with Crippen LogP contribution in [-0.4, -0.2) is 21.0 Å². The van der Waals surface area contributed by atoms with Crippen LogP contribution in [0.2, 0.25) is 0 Å². The zero-order valence-corrected chi connectivity index (χ0v) is 10.1. The molecule has 102 valence electrons. The number of benzene rings is 1. The monoisotopic (exact) mass is 274 g/mol. The molecule has 0 bridgehead atoms. The molecule has 0 saturated heterocycles. The Bertz CT molecular complexity index is 660. The standard InChI is InChI=1S/C12H10N4O4/c13-12(18)15(8-3-5-14-6-4-8)10-2-1-9(16(19)20)7-11(10)17/h1-7,17H,(H2,13,18). The van der Waals surface area contributed by atoms with Crippen molar-refractivity contribution in [3.8, 4) is 5.75 Å². The number of primary amides is 1. The van der Waals surface area contributed by atoms with Crippen molar-refractivity contribution in [2.24, 2.45) is 5.73 Å². The molecule has 2 rings (SSSR count). The van der Waals surface area contributed by atoms with Crippen LogP contribution in [0.5, 0.6) is 5.75 Å². The number of aromatic hydroxyl groups is 1. The highest BCUT2D eigenvalue weighted by molar-refractivity contribution is 5.99. The molecule has 1 heterocycles. The van der Waals surface area contributed by atoms with Gasteiger partial charge in [-0.3, -0.25) is 20.0 Å². The normalized spacial score (nSPS) is 10.0. The highest BCUT2D eigenvalue weighted by Crippen LogP contribution is 2.35. The van der Waals surface area contributed by atoms with E-state index in [1.807, 2.05) is 0 Å². The van der Waals surface area contributed by atoms with Crippen molar-refractivity contribution in [2.75, 3.05) is 4.90 Å². The van der Waals surface area contributed by atoms with Crippen LogP contribution < -0.4 is 10.6 Å². The number of nitro groups is 1. The van der Waals surface area contributed by atoms with Crippen molar-refractivity contribution in [3.63, 3.8) is 0 Å². The minimum atomic E-state index is -0.833. The minimum Gasteiger partial charge on any atom is -0.505 e. The second-order valence-electron chi connectivity index (χ2n) is 3.81. The van der Waals surface area contributed by atoms with Gasteiger partial charge in [-0.05, 0) is 18.2 Å². The van der Waals surface area contributed by atoms with E-state index < -0.39 is 16.7 Å². The van der Waals surface area contributed by atoms with Gasteiger partial charge in [-0.15, -0.1) is 0 Å². The first-order chi connectivity index (χ1) is 9.50. The van der Waals surface area contributed by atoms with E-state index in [4.69, 9.17) is 5.73 Å². The molecule has 0 atom stereocenters. The molecule has 0 radical (unpaired) electrons. The van der Waals surface area contributed by atoms with Crippen LogP contribution >= 0.6 is 0 Å². The average molecular weight is 274 g/mol. The maximum atomic E-state index is 11.6. The Hall–Kier alpha value is -3.16. The lowest BCUT2D eigenvalue weighted by atomic mass is 10.2. The molecule has 8 nitrogen and oxygen atoms in total. The molecule has 3 N–H and O–H groups in total. The van der Waals surface area contributed by atoms with E-state index in [0.29, 0.717) is 5.69 Å². The number of non-ortho nitro benzene ring substituents is 1. The summed E-state index contributed by atoms with van der Waals surface area (Å²) in [6.45, 7) is 0. The third-order valence-corrected chi connectivity index (χ3v) is 2.55. The van der Waals surface area contributed by atoms with E-state index in [1.54, 1.807) is 0 Å². The summed E-state index contributed by atoms with van der Waals surface area (Å²) in [5.74, 6) is -0.421. The van der Waals surface area contributed by atoms with E-state index in [-0.39, 0.29) is 11.4 Å². The van der Waals surface area contributed by atoms with E-state index in [2.05, 4.69) is 4.98 Å². The zero-order valence-electron chi connectivity index (χ0n) is 10.1. The fourth-order valence-electron chi connectivity index (χ4n) is 1.69. The molecule has 0 unspecified atom stereocenters. The minimum absolute atomic E-state index is 0.0503. The average Bonchev–Trinajstić information content (AvgIpc) is 2.41. The second-order valence-corrected chi connectivity index (χ2v) is 3.81. The highest BCUT2D eigenvalue weighted by atomic mass is 16.6. The van der Waals surface area contributed by atoms with Crippen molar-refractivity contribution in [3.05, 3.63) is 52.8 Å². The van der Waals surface area contributed by atoms with Gasteiger partial charge in [0.1, 0.15) is 5.75 Å². The van der Waals surface area contributed by atoms with Crippen LogP contribution in [0, 0.1) is 10.1 Å². The van der Waals surface area contributed by atoms with Gasteiger partial charge in [0.15, 0.2) is 0 Å². The number of nitrogens with two attached hydrogens (primary N) is 1. The van der Waals surface area contributed by atoms with Gasteiger partial charge in [0.05, 0.1) is 22.4 Å². The Kier molecular flexibility index (Phi) is 3.47. The van der Waals surface area contributed by atoms with Crippen molar-refractivity contribution in [1.82, 2.24) is 4.98 Å². The van der Waals surface area contributed by atoms with E-state index in [9.17, 15) is 20.0 Å². The maximum Gasteiger partial charge on any atom is 0.324 e. The summed E-state index contributed by atoms with van der Waals surface area (Å²) in [6, 6.07) is 5.58. The third kappa shape index (κ3) is 2.48. The number of rotatable bonds is 3. The Balaban J connectivity index is 2.51. The molecule has 0 fully saturated rings. The predicted molar refractivity (Wildman–Crippen MR) is 70.7 cm³/mol. The first kappa shape index (κ1) is 13.3. The number of pyridine rings is 1. The second kappa shape index (κ2) is 5.22. The molecule has 0 aliphatic rings. The predicted octanol–water partition coefficient (Wildman–Crippen LogP) is 1.91. The largest absolute Gasteiger partial charge is 0.505 e. The van der Waals surface area contributed by atoms with Gasteiger partial charge in [-0.2, -0.15) is 0 Å². The Morgan fingerprint density at radius 1 is 1.30 bits per heavy atom. The molecule has 0 saturated carbocycles. The quantitative estimate of drug-likeness (QED) is 0.653. The van der Waals surface area contributed by atoms with Gasteiger partial charge < -0.3 is 10.8 Å². The molecular weight excluding hydrogens is 264 g/mol. The number of nitrogens with zero attached hydrogens (tertiary/aromatic N) is 3. The number of anilines is 2. The molecule has 0 spiro atoms. The summed E-state index contributed by atoms with van der Waals surface area (Å²) in [4.78, 5) is 26.4. The number of aromatic nitrogens is 1. The SMILES string of the molecule is NC(=O)N(c1ccncc1)c1ccc([N+](=O)[O-])cc1O. The topological polar surface area (TPSA) is 123 Å². The molecular formula is C12H10N4O4. The smallest absolute Gasteiger partial charge is 0.324 e. The van der Waals surface area contributed by atoms with Gasteiger partial charge in [-0.25, -0.2) is 4.79 Å². The molecule has 8 heteroatoms. The number of nitro benzene ring substituents is 1. The van der Waals surface area contributed by atoms with Crippen LogP contribution in [0.3, 0.4) is 0 Å². The summed E-state index contributed by atoms with van der Waals surface area (Å²) in [5.41, 5.74) is 5.44. The summed E-state index contributed by atoms with van der Waals surface area (Å²) in [6.07, 6.45) is 2.90. The summed E-state index contributed by atoms with van der Waals surface area (Å²) in [5, 5.41) is 20.5. The van der Waals surface area contributed by atoms with Gasteiger partial charge in [0.25, 0.3) is 5.69 Å². The molecule has 2 aromatic rings. The number of urea groups is 1. The van der Waals surface area contributed by atoms with Crippen LogP contribution in [0.4, 0.5) is 21.9 Å². The Labute approximate surface area is 113 Å². The number of carbonyl (C=O) groups is 1. The third-order valence-electron chi connectivity index (χ3n) is 2.55. The zero-order chi connectivity index (χ0) is 14.7. The van der Waals surface area contributed by atoms with Gasteiger partial charge in [-0.1, -0.05) is 0 Å². The number of phenols is 1. The van der Waals surface area contributed by atoms with Crippen molar-refractivity contribution in [1.29, 1.82) is 0 Å². The lowest BCUT2D eigenvalue weighted by Crippen LogP contribution is -2.31. The molecule has 0 aliphatic carbocycles. The number of hydrogen-bond acceptors (Lipinski definition) is 5. The van der Waals surface area contributed by atoms with Crippen LogP contribution in [0.25, 0.3) is 0 Å².